The Morgan fingerprint density at radius 1 is 1.30 bits per heavy atom. The molecule has 1 saturated heterocycles. The minimum absolute atomic E-state index is 0.0757. The zero-order valence-electron chi connectivity index (χ0n) is 15.9. The Balaban J connectivity index is 0.000000208. The maximum absolute atomic E-state index is 13.0. The van der Waals surface area contributed by atoms with Crippen LogP contribution in [0.15, 0.2) is 79.2 Å². The van der Waals surface area contributed by atoms with E-state index in [1.165, 1.54) is 12.1 Å². The summed E-state index contributed by atoms with van der Waals surface area (Å²) >= 11 is 0. The summed E-state index contributed by atoms with van der Waals surface area (Å²) in [6.45, 7) is 8.80. The number of hydrogen-bond acceptors (Lipinski definition) is 2. The summed E-state index contributed by atoms with van der Waals surface area (Å²) in [5.41, 5.74) is 3.94. The highest BCUT2D eigenvalue weighted by Crippen LogP contribution is 2.19. The van der Waals surface area contributed by atoms with Crippen LogP contribution < -0.4 is 0 Å². The van der Waals surface area contributed by atoms with Crippen molar-refractivity contribution in [3.8, 4) is 0 Å². The molecule has 1 aromatic heterocycles. The molecule has 140 valence electrons. The average Bonchev–Trinajstić information content (AvgIpc) is 3.04. The number of aromatic nitrogens is 1. The molecule has 1 fully saturated rings. The van der Waals surface area contributed by atoms with E-state index < -0.39 is 0 Å². The topological polar surface area (TPSA) is 33.2 Å². The first-order valence-electron chi connectivity index (χ1n) is 8.97. The summed E-state index contributed by atoms with van der Waals surface area (Å²) in [7, 11) is 0. The van der Waals surface area contributed by atoms with Crippen molar-refractivity contribution in [2.24, 2.45) is 0 Å². The fraction of sp³-hybridized carbons (Fsp3) is 0.217. The van der Waals surface area contributed by atoms with Gasteiger partial charge in [-0.15, -0.1) is 0 Å². The van der Waals surface area contributed by atoms with Crippen LogP contribution in [0.1, 0.15) is 31.4 Å². The van der Waals surface area contributed by atoms with Crippen LogP contribution in [0.25, 0.3) is 5.57 Å². The van der Waals surface area contributed by atoms with Crippen molar-refractivity contribution in [1.29, 1.82) is 0 Å². The molecule has 0 unspecified atom stereocenters. The predicted octanol–water partition coefficient (Wildman–Crippen LogP) is 5.18. The summed E-state index contributed by atoms with van der Waals surface area (Å²) < 4.78 is 13.0. The second-order valence-corrected chi connectivity index (χ2v) is 6.11. The van der Waals surface area contributed by atoms with Crippen LogP contribution in [0.2, 0.25) is 0 Å². The van der Waals surface area contributed by atoms with Crippen molar-refractivity contribution in [3.63, 3.8) is 0 Å². The monoisotopic (exact) mass is 364 g/mol. The molecule has 0 saturated carbocycles. The van der Waals surface area contributed by atoms with E-state index in [1.807, 2.05) is 56.5 Å². The number of benzene rings is 1. The van der Waals surface area contributed by atoms with Gasteiger partial charge in [0.2, 0.25) is 5.91 Å². The number of amides is 1. The van der Waals surface area contributed by atoms with Gasteiger partial charge in [0.1, 0.15) is 5.82 Å². The number of likely N-dealkylation sites (tertiary alicyclic amines) is 1. The quantitative estimate of drug-likeness (QED) is 0.553. The number of pyridine rings is 1. The molecule has 0 bridgehead atoms. The summed E-state index contributed by atoms with van der Waals surface area (Å²) in [5.74, 6) is -0.179. The summed E-state index contributed by atoms with van der Waals surface area (Å²) in [6.07, 6.45) is 10.1. The van der Waals surface area contributed by atoms with E-state index in [-0.39, 0.29) is 11.7 Å². The summed E-state index contributed by atoms with van der Waals surface area (Å²) in [6, 6.07) is 10.3. The largest absolute Gasteiger partial charge is 0.334 e. The smallest absolute Gasteiger partial charge is 0.249 e. The van der Waals surface area contributed by atoms with Gasteiger partial charge in [0, 0.05) is 31.1 Å². The van der Waals surface area contributed by atoms with Crippen molar-refractivity contribution in [3.05, 3.63) is 96.1 Å². The molecule has 0 radical (unpaired) electrons. The first kappa shape index (κ1) is 20.3. The van der Waals surface area contributed by atoms with E-state index in [0.717, 1.165) is 35.2 Å². The lowest BCUT2D eigenvalue weighted by molar-refractivity contribution is -0.125. The third-order valence-electron chi connectivity index (χ3n) is 4.35. The van der Waals surface area contributed by atoms with Crippen molar-refractivity contribution in [2.45, 2.75) is 26.8 Å². The summed E-state index contributed by atoms with van der Waals surface area (Å²) in [5, 5.41) is 0. The van der Waals surface area contributed by atoms with Gasteiger partial charge in [-0.3, -0.25) is 9.78 Å². The van der Waals surface area contributed by atoms with Crippen LogP contribution >= 0.6 is 0 Å². The molecular formula is C23H25FN2O. The molecule has 0 atom stereocenters. The molecule has 1 aliphatic rings. The maximum Gasteiger partial charge on any atom is 0.249 e. The first-order valence-corrected chi connectivity index (χ1v) is 8.97. The molecule has 2 heterocycles. The van der Waals surface area contributed by atoms with E-state index in [4.69, 9.17) is 0 Å². The Morgan fingerprint density at radius 2 is 2.11 bits per heavy atom. The van der Waals surface area contributed by atoms with Gasteiger partial charge in [0.25, 0.3) is 0 Å². The molecule has 2 aromatic rings. The van der Waals surface area contributed by atoms with Crippen LogP contribution in [0.3, 0.4) is 0 Å². The molecule has 3 rings (SSSR count). The highest BCUT2D eigenvalue weighted by Gasteiger charge is 2.24. The third-order valence-corrected chi connectivity index (χ3v) is 4.35. The third kappa shape index (κ3) is 5.74. The second kappa shape index (κ2) is 10.2. The molecular weight excluding hydrogens is 339 g/mol. The first-order chi connectivity index (χ1) is 13.1. The standard InChI is InChI=1S/C13H14FNO.C10H11N/c1-2-11-6-7-15(13(11)16)9-10-4-3-5-12(14)8-10;1-3-9(4-2)10-6-5-7-11-8-10/h2-5,8H,6-7,9H2,1H3;3-8H,1H2,2H3/b11-2-;9-4+. The molecule has 4 heteroatoms. The molecule has 1 aromatic carbocycles. The second-order valence-electron chi connectivity index (χ2n) is 6.11. The molecule has 0 N–H and O–H groups in total. The average molecular weight is 364 g/mol. The molecule has 1 amide bonds. The van der Waals surface area contributed by atoms with Crippen LogP contribution in [-0.4, -0.2) is 22.3 Å². The molecule has 0 spiro atoms. The Morgan fingerprint density at radius 3 is 2.67 bits per heavy atom. The number of allylic oxidation sites excluding steroid dienone is 4. The molecule has 27 heavy (non-hydrogen) atoms. The Kier molecular flexibility index (Phi) is 7.68. The zero-order chi connectivity index (χ0) is 19.6. The number of halogens is 1. The molecule has 1 aliphatic heterocycles. The molecule has 0 aliphatic carbocycles. The fourth-order valence-corrected chi connectivity index (χ4v) is 2.88. The van der Waals surface area contributed by atoms with Crippen LogP contribution in [0.5, 0.6) is 0 Å². The Bertz CT molecular complexity index is 840. The van der Waals surface area contributed by atoms with E-state index >= 15 is 0 Å². The minimum Gasteiger partial charge on any atom is -0.334 e. The maximum atomic E-state index is 13.0. The lowest BCUT2D eigenvalue weighted by Crippen LogP contribution is -2.24. The SMILES string of the molecule is C/C=C1/CCN(Cc2cccc(F)c2)C1=O.C=C/C(=C\C)c1cccnc1. The van der Waals surface area contributed by atoms with Crippen molar-refractivity contribution in [1.82, 2.24) is 9.88 Å². The number of carbonyl (C=O) groups is 1. The highest BCUT2D eigenvalue weighted by molar-refractivity contribution is 5.95. The van der Waals surface area contributed by atoms with Crippen LogP contribution in [-0.2, 0) is 11.3 Å². The van der Waals surface area contributed by atoms with Gasteiger partial charge < -0.3 is 4.90 Å². The number of hydrogen-bond donors (Lipinski definition) is 0. The number of rotatable bonds is 4. The van der Waals surface area contributed by atoms with Crippen molar-refractivity contribution in [2.75, 3.05) is 6.54 Å². The van der Waals surface area contributed by atoms with Gasteiger partial charge in [0.15, 0.2) is 0 Å². The summed E-state index contributed by atoms with van der Waals surface area (Å²) in [4.78, 5) is 17.6. The van der Waals surface area contributed by atoms with Gasteiger partial charge in [-0.05, 0) is 55.2 Å². The minimum atomic E-state index is -0.254. The van der Waals surface area contributed by atoms with E-state index in [9.17, 15) is 9.18 Å². The van der Waals surface area contributed by atoms with Gasteiger partial charge in [-0.1, -0.05) is 43.0 Å². The Hall–Kier alpha value is -3.01. The van der Waals surface area contributed by atoms with Gasteiger partial charge in [0.05, 0.1) is 0 Å². The number of nitrogens with zero attached hydrogens (tertiary/aromatic N) is 2. The lowest BCUT2D eigenvalue weighted by Gasteiger charge is -2.15. The zero-order valence-corrected chi connectivity index (χ0v) is 15.9. The highest BCUT2D eigenvalue weighted by atomic mass is 19.1. The van der Waals surface area contributed by atoms with E-state index in [1.54, 1.807) is 17.2 Å². The predicted molar refractivity (Wildman–Crippen MR) is 108 cm³/mol. The molecule has 3 nitrogen and oxygen atoms in total. The van der Waals surface area contributed by atoms with Crippen molar-refractivity contribution < 1.29 is 9.18 Å². The van der Waals surface area contributed by atoms with Gasteiger partial charge in [-0.2, -0.15) is 0 Å². The van der Waals surface area contributed by atoms with Crippen molar-refractivity contribution >= 4 is 11.5 Å². The Labute approximate surface area is 160 Å². The lowest BCUT2D eigenvalue weighted by atomic mass is 10.1. The van der Waals surface area contributed by atoms with E-state index in [0.29, 0.717) is 6.54 Å². The normalized spacial score (nSPS) is 15.5. The van der Waals surface area contributed by atoms with Gasteiger partial charge >= 0.3 is 0 Å². The van der Waals surface area contributed by atoms with E-state index in [2.05, 4.69) is 11.6 Å². The van der Waals surface area contributed by atoms with Crippen LogP contribution in [0.4, 0.5) is 4.39 Å². The number of carbonyl (C=O) groups excluding carboxylic acids is 1. The fourth-order valence-electron chi connectivity index (χ4n) is 2.88. The van der Waals surface area contributed by atoms with Gasteiger partial charge in [-0.25, -0.2) is 4.39 Å². The van der Waals surface area contributed by atoms with Crippen LogP contribution in [0, 0.1) is 5.82 Å².